The first kappa shape index (κ1) is 20.6. The van der Waals surface area contributed by atoms with Gasteiger partial charge in [-0.25, -0.2) is 8.42 Å². The molecule has 1 unspecified atom stereocenters. The fourth-order valence-electron chi connectivity index (χ4n) is 2.43. The van der Waals surface area contributed by atoms with Crippen molar-refractivity contribution in [2.75, 3.05) is 7.05 Å². The maximum Gasteiger partial charge on any atom is 0.251 e. The van der Waals surface area contributed by atoms with Gasteiger partial charge in [-0.1, -0.05) is 12.1 Å². The highest BCUT2D eigenvalue weighted by atomic mass is 32.2. The minimum absolute atomic E-state index is 0.149. The Balaban J connectivity index is 2.12. The molecule has 2 aromatic carbocycles. The SMILES string of the molecule is CC(NC(=O)c1ccc(S(=O)(=O)N(C)C(C)C)cc1)c1ccc(C#N)cc1. The number of nitriles is 1. The normalized spacial score (nSPS) is 12.6. The van der Waals surface area contributed by atoms with Crippen molar-refractivity contribution in [1.82, 2.24) is 9.62 Å². The lowest BCUT2D eigenvalue weighted by atomic mass is 10.1. The molecule has 0 saturated carbocycles. The summed E-state index contributed by atoms with van der Waals surface area (Å²) in [5, 5.41) is 11.7. The first-order chi connectivity index (χ1) is 12.7. The van der Waals surface area contributed by atoms with Crippen molar-refractivity contribution in [3.63, 3.8) is 0 Å². The zero-order valence-corrected chi connectivity index (χ0v) is 16.6. The monoisotopic (exact) mass is 385 g/mol. The second-order valence-electron chi connectivity index (χ2n) is 6.57. The van der Waals surface area contributed by atoms with Crippen molar-refractivity contribution < 1.29 is 13.2 Å². The van der Waals surface area contributed by atoms with Gasteiger partial charge in [0.2, 0.25) is 10.0 Å². The van der Waals surface area contributed by atoms with Crippen molar-refractivity contribution in [3.05, 3.63) is 65.2 Å². The Morgan fingerprint density at radius 2 is 1.59 bits per heavy atom. The van der Waals surface area contributed by atoms with Crippen LogP contribution in [0.15, 0.2) is 53.4 Å². The molecule has 142 valence electrons. The molecule has 1 N–H and O–H groups in total. The summed E-state index contributed by atoms with van der Waals surface area (Å²) >= 11 is 0. The Hall–Kier alpha value is -2.69. The molecule has 1 amide bonds. The average Bonchev–Trinajstić information content (AvgIpc) is 2.67. The molecule has 0 fully saturated rings. The van der Waals surface area contributed by atoms with Gasteiger partial charge in [0.1, 0.15) is 0 Å². The van der Waals surface area contributed by atoms with E-state index in [-0.39, 0.29) is 22.9 Å². The van der Waals surface area contributed by atoms with Crippen LogP contribution in [0.2, 0.25) is 0 Å². The number of sulfonamides is 1. The van der Waals surface area contributed by atoms with E-state index in [1.165, 1.54) is 35.6 Å². The molecule has 0 radical (unpaired) electrons. The largest absolute Gasteiger partial charge is 0.346 e. The molecule has 0 spiro atoms. The van der Waals surface area contributed by atoms with E-state index in [9.17, 15) is 13.2 Å². The van der Waals surface area contributed by atoms with Gasteiger partial charge < -0.3 is 5.32 Å². The third kappa shape index (κ3) is 4.73. The molecule has 2 rings (SSSR count). The van der Waals surface area contributed by atoms with Gasteiger partial charge >= 0.3 is 0 Å². The molecule has 27 heavy (non-hydrogen) atoms. The second kappa shape index (κ2) is 8.33. The number of benzene rings is 2. The van der Waals surface area contributed by atoms with Crippen LogP contribution in [0.25, 0.3) is 0 Å². The number of carbonyl (C=O) groups excluding carboxylic acids is 1. The Labute approximate surface area is 160 Å². The lowest BCUT2D eigenvalue weighted by Gasteiger charge is -2.21. The standard InChI is InChI=1S/C20H23N3O3S/c1-14(2)23(4)27(25,26)19-11-9-18(10-12-19)20(24)22-15(3)17-7-5-16(13-21)6-8-17/h5-12,14-15H,1-4H3,(H,22,24). The molecule has 0 aliphatic rings. The molecule has 0 bridgehead atoms. The molecule has 2 aromatic rings. The average molecular weight is 385 g/mol. The van der Waals surface area contributed by atoms with Crippen LogP contribution in [0.5, 0.6) is 0 Å². The molecule has 0 aliphatic heterocycles. The number of rotatable bonds is 6. The Morgan fingerprint density at radius 1 is 1.04 bits per heavy atom. The van der Waals surface area contributed by atoms with Crippen LogP contribution < -0.4 is 5.32 Å². The fraction of sp³-hybridized carbons (Fsp3) is 0.300. The fourth-order valence-corrected chi connectivity index (χ4v) is 3.80. The zero-order valence-electron chi connectivity index (χ0n) is 15.8. The third-order valence-corrected chi connectivity index (χ3v) is 6.46. The quantitative estimate of drug-likeness (QED) is 0.827. The van der Waals surface area contributed by atoms with Gasteiger partial charge in [-0.2, -0.15) is 9.57 Å². The molecule has 0 aliphatic carbocycles. The van der Waals surface area contributed by atoms with Crippen molar-refractivity contribution >= 4 is 15.9 Å². The van der Waals surface area contributed by atoms with Gasteiger partial charge in [0.05, 0.1) is 22.6 Å². The lowest BCUT2D eigenvalue weighted by molar-refractivity contribution is 0.0939. The molecule has 6 nitrogen and oxygen atoms in total. The van der Waals surface area contributed by atoms with Crippen LogP contribution in [0.4, 0.5) is 0 Å². The Morgan fingerprint density at radius 3 is 2.07 bits per heavy atom. The number of nitrogens with zero attached hydrogens (tertiary/aromatic N) is 2. The molecule has 0 saturated heterocycles. The summed E-state index contributed by atoms with van der Waals surface area (Å²) in [6.45, 7) is 5.43. The van der Waals surface area contributed by atoms with Gasteiger partial charge in [0, 0.05) is 18.7 Å². The van der Waals surface area contributed by atoms with Gasteiger partial charge in [0.25, 0.3) is 5.91 Å². The first-order valence-electron chi connectivity index (χ1n) is 8.56. The van der Waals surface area contributed by atoms with Crippen LogP contribution in [0.3, 0.4) is 0 Å². The summed E-state index contributed by atoms with van der Waals surface area (Å²) in [5.41, 5.74) is 1.81. The molecule has 1 atom stereocenters. The highest BCUT2D eigenvalue weighted by molar-refractivity contribution is 7.89. The van der Waals surface area contributed by atoms with E-state index >= 15 is 0 Å². The second-order valence-corrected chi connectivity index (χ2v) is 8.57. The number of hydrogen-bond donors (Lipinski definition) is 1. The molecular weight excluding hydrogens is 362 g/mol. The van der Waals surface area contributed by atoms with E-state index < -0.39 is 10.0 Å². The van der Waals surface area contributed by atoms with E-state index in [1.54, 1.807) is 38.1 Å². The van der Waals surface area contributed by atoms with E-state index in [2.05, 4.69) is 11.4 Å². The van der Waals surface area contributed by atoms with Gasteiger partial charge in [0.15, 0.2) is 0 Å². The molecule has 7 heteroatoms. The van der Waals surface area contributed by atoms with Crippen LogP contribution in [-0.4, -0.2) is 31.7 Å². The van der Waals surface area contributed by atoms with Gasteiger partial charge in [-0.05, 0) is 62.7 Å². The smallest absolute Gasteiger partial charge is 0.251 e. The Bertz CT molecular complexity index is 943. The van der Waals surface area contributed by atoms with Crippen LogP contribution in [0.1, 0.15) is 48.3 Å². The zero-order chi connectivity index (χ0) is 20.2. The summed E-state index contributed by atoms with van der Waals surface area (Å²) in [6, 6.07) is 14.5. The number of carbonyl (C=O) groups is 1. The summed E-state index contributed by atoms with van der Waals surface area (Å²) in [6.07, 6.45) is 0. The van der Waals surface area contributed by atoms with Crippen LogP contribution >= 0.6 is 0 Å². The van der Waals surface area contributed by atoms with Crippen molar-refractivity contribution in [1.29, 1.82) is 5.26 Å². The third-order valence-electron chi connectivity index (χ3n) is 4.41. The van der Waals surface area contributed by atoms with Crippen molar-refractivity contribution in [2.24, 2.45) is 0 Å². The minimum Gasteiger partial charge on any atom is -0.346 e. The van der Waals surface area contributed by atoms with Crippen LogP contribution in [0, 0.1) is 11.3 Å². The van der Waals surface area contributed by atoms with Crippen molar-refractivity contribution in [2.45, 2.75) is 37.8 Å². The maximum atomic E-state index is 12.5. The summed E-state index contributed by atoms with van der Waals surface area (Å²) in [4.78, 5) is 12.6. The highest BCUT2D eigenvalue weighted by Crippen LogP contribution is 2.18. The van der Waals surface area contributed by atoms with Crippen molar-refractivity contribution in [3.8, 4) is 6.07 Å². The van der Waals surface area contributed by atoms with E-state index in [0.29, 0.717) is 11.1 Å². The molecule has 0 aromatic heterocycles. The molecular formula is C20H23N3O3S. The summed E-state index contributed by atoms with van der Waals surface area (Å²) in [7, 11) is -2.05. The first-order valence-corrected chi connectivity index (χ1v) is 10.00. The topological polar surface area (TPSA) is 90.3 Å². The predicted octanol–water partition coefficient (Wildman–Crippen LogP) is 3.08. The number of nitrogens with one attached hydrogen (secondary N) is 1. The number of hydrogen-bond acceptors (Lipinski definition) is 4. The van der Waals surface area contributed by atoms with E-state index in [4.69, 9.17) is 5.26 Å². The maximum absolute atomic E-state index is 12.5. The Kier molecular flexibility index (Phi) is 6.37. The number of amides is 1. The van der Waals surface area contributed by atoms with E-state index in [0.717, 1.165) is 5.56 Å². The molecule has 0 heterocycles. The predicted molar refractivity (Wildman–Crippen MR) is 104 cm³/mol. The lowest BCUT2D eigenvalue weighted by Crippen LogP contribution is -2.33. The van der Waals surface area contributed by atoms with E-state index in [1.807, 2.05) is 6.92 Å². The van der Waals surface area contributed by atoms with Gasteiger partial charge in [-0.15, -0.1) is 0 Å². The minimum atomic E-state index is -3.58. The summed E-state index contributed by atoms with van der Waals surface area (Å²) in [5.74, 6) is -0.298. The highest BCUT2D eigenvalue weighted by Gasteiger charge is 2.23. The van der Waals surface area contributed by atoms with Crippen LogP contribution in [-0.2, 0) is 10.0 Å². The summed E-state index contributed by atoms with van der Waals surface area (Å²) < 4.78 is 26.2. The van der Waals surface area contributed by atoms with Gasteiger partial charge in [-0.3, -0.25) is 4.79 Å².